The van der Waals surface area contributed by atoms with Crippen molar-refractivity contribution >= 4 is 59.4 Å². The van der Waals surface area contributed by atoms with Gasteiger partial charge < -0.3 is 10.2 Å². The van der Waals surface area contributed by atoms with E-state index in [0.717, 1.165) is 20.6 Å². The minimum absolute atomic E-state index is 0.161. The third-order valence-electron chi connectivity index (χ3n) is 4.48. The fraction of sp³-hybridized carbons (Fsp3) is 0.300. The maximum absolute atomic E-state index is 13.2. The normalized spacial score (nSPS) is 12.2. The quantitative estimate of drug-likeness (QED) is 0.537. The number of carbonyl (C=O) groups excluding carboxylic acids is 2. The van der Waals surface area contributed by atoms with E-state index in [0.29, 0.717) is 10.2 Å². The first-order valence-corrected chi connectivity index (χ1v) is 12.5. The molecule has 162 valence electrons. The molecule has 0 aliphatic heterocycles. The van der Waals surface area contributed by atoms with Crippen LogP contribution in [0.1, 0.15) is 12.5 Å². The highest BCUT2D eigenvalue weighted by Gasteiger charge is 2.30. The molecule has 2 aromatic carbocycles. The van der Waals surface area contributed by atoms with Crippen molar-refractivity contribution in [1.82, 2.24) is 10.2 Å². The summed E-state index contributed by atoms with van der Waals surface area (Å²) < 4.78 is 27.4. The summed E-state index contributed by atoms with van der Waals surface area (Å²) in [4.78, 5) is 26.9. The molecule has 1 N–H and O–H groups in total. The van der Waals surface area contributed by atoms with Gasteiger partial charge in [0.2, 0.25) is 21.8 Å². The van der Waals surface area contributed by atoms with Gasteiger partial charge >= 0.3 is 0 Å². The van der Waals surface area contributed by atoms with Crippen LogP contribution in [0.4, 0.5) is 5.69 Å². The molecule has 0 fully saturated rings. The Morgan fingerprint density at radius 1 is 1.07 bits per heavy atom. The molecule has 0 heterocycles. The van der Waals surface area contributed by atoms with E-state index in [1.807, 2.05) is 24.3 Å². The molecule has 0 saturated heterocycles. The largest absolute Gasteiger partial charge is 0.357 e. The molecule has 0 saturated carbocycles. The fourth-order valence-electron chi connectivity index (χ4n) is 2.83. The molecule has 1 atom stereocenters. The van der Waals surface area contributed by atoms with Crippen molar-refractivity contribution in [1.29, 1.82) is 0 Å². The van der Waals surface area contributed by atoms with Crippen molar-refractivity contribution in [3.8, 4) is 0 Å². The average molecular weight is 561 g/mol. The summed E-state index contributed by atoms with van der Waals surface area (Å²) in [7, 11) is -2.26. The molecular formula is C20H23Br2N3O4S. The number of rotatable bonds is 8. The van der Waals surface area contributed by atoms with Crippen LogP contribution >= 0.6 is 31.9 Å². The maximum atomic E-state index is 13.2. The molecule has 0 bridgehead atoms. The highest BCUT2D eigenvalue weighted by atomic mass is 79.9. The number of benzene rings is 2. The molecule has 30 heavy (non-hydrogen) atoms. The van der Waals surface area contributed by atoms with Gasteiger partial charge in [-0.1, -0.05) is 40.2 Å². The summed E-state index contributed by atoms with van der Waals surface area (Å²) in [5.74, 6) is -0.831. The van der Waals surface area contributed by atoms with Crippen LogP contribution in [0.2, 0.25) is 0 Å². The lowest BCUT2D eigenvalue weighted by atomic mass is 10.1. The van der Waals surface area contributed by atoms with Gasteiger partial charge in [-0.3, -0.25) is 13.9 Å². The average Bonchev–Trinajstić information content (AvgIpc) is 2.70. The Bertz CT molecular complexity index is 1010. The number of sulfonamides is 1. The number of hydrogen-bond donors (Lipinski definition) is 1. The van der Waals surface area contributed by atoms with Gasteiger partial charge in [-0.05, 0) is 52.7 Å². The molecule has 2 amide bonds. The summed E-state index contributed by atoms with van der Waals surface area (Å²) in [5, 5.41) is 2.54. The number of carbonyl (C=O) groups is 2. The molecule has 0 aromatic heterocycles. The Morgan fingerprint density at radius 3 is 2.20 bits per heavy atom. The monoisotopic (exact) mass is 559 g/mol. The fourth-order valence-corrected chi connectivity index (χ4v) is 4.57. The first kappa shape index (κ1) is 24.4. The molecule has 10 heteroatoms. The van der Waals surface area contributed by atoms with Crippen molar-refractivity contribution in [3.05, 3.63) is 63.0 Å². The second-order valence-corrected chi connectivity index (χ2v) is 10.3. The molecule has 1 unspecified atom stereocenters. The third-order valence-corrected chi connectivity index (χ3v) is 6.81. The maximum Gasteiger partial charge on any atom is 0.244 e. The van der Waals surface area contributed by atoms with Crippen molar-refractivity contribution in [2.45, 2.75) is 19.5 Å². The number of nitrogens with one attached hydrogen (secondary N) is 1. The van der Waals surface area contributed by atoms with Gasteiger partial charge in [0.1, 0.15) is 12.6 Å². The van der Waals surface area contributed by atoms with Crippen LogP contribution in [-0.2, 0) is 26.2 Å². The molecule has 2 rings (SSSR count). The zero-order chi connectivity index (χ0) is 22.5. The van der Waals surface area contributed by atoms with E-state index < -0.39 is 28.5 Å². The lowest BCUT2D eigenvalue weighted by molar-refractivity contribution is -0.139. The second kappa shape index (κ2) is 10.4. The Hall–Kier alpha value is -1.91. The van der Waals surface area contributed by atoms with Crippen LogP contribution in [0.25, 0.3) is 0 Å². The Kier molecular flexibility index (Phi) is 8.45. The molecule has 0 aliphatic carbocycles. The second-order valence-electron chi connectivity index (χ2n) is 6.66. The van der Waals surface area contributed by atoms with Crippen LogP contribution < -0.4 is 9.62 Å². The molecule has 7 nitrogen and oxygen atoms in total. The molecule has 0 radical (unpaired) electrons. The van der Waals surface area contributed by atoms with E-state index in [1.165, 1.54) is 11.9 Å². The van der Waals surface area contributed by atoms with E-state index >= 15 is 0 Å². The Labute approximate surface area is 193 Å². The number of likely N-dealkylation sites (N-methyl/N-ethyl adjacent to an activating group) is 1. The molecule has 0 spiro atoms. The van der Waals surface area contributed by atoms with Gasteiger partial charge in [-0.15, -0.1) is 0 Å². The third kappa shape index (κ3) is 6.29. The Balaban J connectivity index is 2.38. The standard InChI is InChI=1S/C20H23Br2N3O4S/c1-14(20(27)23-2)24(12-15-8-10-16(21)11-9-15)19(26)13-25(30(3,28)29)18-7-5-4-6-17(18)22/h4-11,14H,12-13H2,1-3H3,(H,23,27). The van der Waals surface area contributed by atoms with Gasteiger partial charge in [0.15, 0.2) is 0 Å². The first-order chi connectivity index (χ1) is 14.0. The zero-order valence-electron chi connectivity index (χ0n) is 16.8. The predicted molar refractivity (Wildman–Crippen MR) is 125 cm³/mol. The molecule has 0 aliphatic rings. The van der Waals surface area contributed by atoms with E-state index in [9.17, 15) is 18.0 Å². The number of halogens is 2. The topological polar surface area (TPSA) is 86.8 Å². The smallest absolute Gasteiger partial charge is 0.244 e. The van der Waals surface area contributed by atoms with Crippen LogP contribution in [0.15, 0.2) is 57.5 Å². The van der Waals surface area contributed by atoms with Gasteiger partial charge in [0, 0.05) is 22.5 Å². The number of hydrogen-bond acceptors (Lipinski definition) is 4. The zero-order valence-corrected chi connectivity index (χ0v) is 20.8. The number of para-hydroxylation sites is 1. The highest BCUT2D eigenvalue weighted by molar-refractivity contribution is 9.10. The van der Waals surface area contributed by atoms with Crippen LogP contribution in [0.5, 0.6) is 0 Å². The summed E-state index contributed by atoms with van der Waals surface area (Å²) >= 11 is 6.71. The summed E-state index contributed by atoms with van der Waals surface area (Å²) in [5.41, 5.74) is 1.17. The summed E-state index contributed by atoms with van der Waals surface area (Å²) in [6, 6.07) is 13.3. The SMILES string of the molecule is CNC(=O)C(C)N(Cc1ccc(Br)cc1)C(=O)CN(c1ccccc1Br)S(C)(=O)=O. The summed E-state index contributed by atoms with van der Waals surface area (Å²) in [6.07, 6.45) is 1.04. The van der Waals surface area contributed by atoms with Gasteiger partial charge in [-0.2, -0.15) is 0 Å². The van der Waals surface area contributed by atoms with Gasteiger partial charge in [0.05, 0.1) is 11.9 Å². The van der Waals surface area contributed by atoms with Crippen LogP contribution in [-0.4, -0.2) is 51.0 Å². The van der Waals surface area contributed by atoms with E-state index in [2.05, 4.69) is 37.2 Å². The van der Waals surface area contributed by atoms with E-state index in [1.54, 1.807) is 31.2 Å². The predicted octanol–water partition coefficient (Wildman–Crippen LogP) is 3.14. The number of amides is 2. The van der Waals surface area contributed by atoms with Crippen molar-refractivity contribution in [3.63, 3.8) is 0 Å². The number of nitrogens with zero attached hydrogens (tertiary/aromatic N) is 2. The summed E-state index contributed by atoms with van der Waals surface area (Å²) in [6.45, 7) is 1.34. The lowest BCUT2D eigenvalue weighted by Gasteiger charge is -2.31. The molecular weight excluding hydrogens is 538 g/mol. The highest BCUT2D eigenvalue weighted by Crippen LogP contribution is 2.28. The lowest BCUT2D eigenvalue weighted by Crippen LogP contribution is -2.50. The van der Waals surface area contributed by atoms with E-state index in [4.69, 9.17) is 0 Å². The Morgan fingerprint density at radius 2 is 1.67 bits per heavy atom. The van der Waals surface area contributed by atoms with Crippen LogP contribution in [0.3, 0.4) is 0 Å². The minimum atomic E-state index is -3.75. The van der Waals surface area contributed by atoms with E-state index in [-0.39, 0.29) is 12.5 Å². The minimum Gasteiger partial charge on any atom is -0.357 e. The first-order valence-electron chi connectivity index (χ1n) is 9.02. The van der Waals surface area contributed by atoms with Crippen LogP contribution in [0, 0.1) is 0 Å². The van der Waals surface area contributed by atoms with Crippen molar-refractivity contribution in [2.75, 3.05) is 24.2 Å². The number of anilines is 1. The van der Waals surface area contributed by atoms with Gasteiger partial charge in [0.25, 0.3) is 0 Å². The molecule has 2 aromatic rings. The van der Waals surface area contributed by atoms with Gasteiger partial charge in [-0.25, -0.2) is 8.42 Å². The van der Waals surface area contributed by atoms with Crippen molar-refractivity contribution < 1.29 is 18.0 Å². The van der Waals surface area contributed by atoms with Crippen molar-refractivity contribution in [2.24, 2.45) is 0 Å².